The van der Waals surface area contributed by atoms with Gasteiger partial charge in [-0.25, -0.2) is 4.79 Å². The molecule has 1 aliphatic rings. The number of carbonyl (C=O) groups is 3. The van der Waals surface area contributed by atoms with Crippen LogP contribution in [0.4, 0.5) is 4.79 Å². The second-order valence-corrected chi connectivity index (χ2v) is 4.92. The van der Waals surface area contributed by atoms with Gasteiger partial charge in [0.1, 0.15) is 0 Å². The second-order valence-electron chi connectivity index (χ2n) is 4.92. The number of nitrogens with two attached hydrogens (primary N) is 1. The van der Waals surface area contributed by atoms with Crippen molar-refractivity contribution in [1.82, 2.24) is 9.80 Å². The molecule has 1 aromatic rings. The van der Waals surface area contributed by atoms with Gasteiger partial charge in [-0.05, 0) is 31.2 Å². The molecule has 3 amide bonds. The summed E-state index contributed by atoms with van der Waals surface area (Å²) >= 11 is 0. The number of amides is 3. The predicted molar refractivity (Wildman–Crippen MR) is 79.5 cm³/mol. The lowest BCUT2D eigenvalue weighted by Crippen LogP contribution is -2.50. The summed E-state index contributed by atoms with van der Waals surface area (Å²) in [6.07, 6.45) is -0.347. The van der Waals surface area contributed by atoms with Gasteiger partial charge in [0, 0.05) is 37.3 Å². The Kier molecular flexibility index (Phi) is 4.98. The molecule has 118 valence electrons. The quantitative estimate of drug-likeness (QED) is 0.889. The van der Waals surface area contributed by atoms with E-state index < -0.39 is 5.91 Å². The largest absolute Gasteiger partial charge is 0.450 e. The first-order chi connectivity index (χ1) is 10.5. The molecule has 0 bridgehead atoms. The molecular weight excluding hydrogens is 286 g/mol. The number of piperazine rings is 1. The van der Waals surface area contributed by atoms with E-state index in [0.29, 0.717) is 43.9 Å². The highest BCUT2D eigenvalue weighted by Gasteiger charge is 2.25. The first kappa shape index (κ1) is 15.8. The van der Waals surface area contributed by atoms with Crippen molar-refractivity contribution in [3.05, 3.63) is 35.4 Å². The molecule has 0 atom stereocenters. The topological polar surface area (TPSA) is 92.9 Å². The highest BCUT2D eigenvalue weighted by atomic mass is 16.6. The van der Waals surface area contributed by atoms with E-state index in [9.17, 15) is 14.4 Å². The van der Waals surface area contributed by atoms with E-state index >= 15 is 0 Å². The van der Waals surface area contributed by atoms with Crippen molar-refractivity contribution in [3.63, 3.8) is 0 Å². The van der Waals surface area contributed by atoms with Gasteiger partial charge in [0.2, 0.25) is 5.91 Å². The Hall–Kier alpha value is -2.57. The third-order valence-electron chi connectivity index (χ3n) is 3.51. The smallest absolute Gasteiger partial charge is 0.409 e. The molecule has 7 nitrogen and oxygen atoms in total. The maximum Gasteiger partial charge on any atom is 0.409 e. The zero-order valence-electron chi connectivity index (χ0n) is 12.4. The van der Waals surface area contributed by atoms with Gasteiger partial charge in [0.05, 0.1) is 6.61 Å². The van der Waals surface area contributed by atoms with Crippen LogP contribution in [0.25, 0.3) is 0 Å². The van der Waals surface area contributed by atoms with Crippen LogP contribution in [-0.2, 0) is 4.74 Å². The number of hydrogen-bond acceptors (Lipinski definition) is 4. The van der Waals surface area contributed by atoms with Crippen LogP contribution in [0.5, 0.6) is 0 Å². The summed E-state index contributed by atoms with van der Waals surface area (Å²) in [5.74, 6) is -0.651. The third kappa shape index (κ3) is 3.55. The second kappa shape index (κ2) is 6.93. The number of rotatable bonds is 3. The fraction of sp³-hybridized carbons (Fsp3) is 0.400. The van der Waals surface area contributed by atoms with Crippen LogP contribution >= 0.6 is 0 Å². The number of nitrogens with zero attached hydrogens (tertiary/aromatic N) is 2. The number of primary amides is 1. The highest BCUT2D eigenvalue weighted by molar-refractivity contribution is 5.97. The Labute approximate surface area is 128 Å². The van der Waals surface area contributed by atoms with Crippen molar-refractivity contribution in [2.75, 3.05) is 32.8 Å². The van der Waals surface area contributed by atoms with E-state index in [0.717, 1.165) is 0 Å². The van der Waals surface area contributed by atoms with E-state index in [1.807, 2.05) is 0 Å². The lowest BCUT2D eigenvalue weighted by atomic mass is 10.1. The highest BCUT2D eigenvalue weighted by Crippen LogP contribution is 2.11. The van der Waals surface area contributed by atoms with Crippen LogP contribution in [0.15, 0.2) is 24.3 Å². The normalized spacial score (nSPS) is 14.6. The van der Waals surface area contributed by atoms with E-state index in [1.165, 1.54) is 12.1 Å². The van der Waals surface area contributed by atoms with Gasteiger partial charge in [0.25, 0.3) is 5.91 Å². The van der Waals surface area contributed by atoms with Crippen molar-refractivity contribution < 1.29 is 19.1 Å². The molecule has 2 N–H and O–H groups in total. The molecule has 0 radical (unpaired) electrons. The molecule has 1 saturated heterocycles. The summed E-state index contributed by atoms with van der Waals surface area (Å²) < 4.78 is 4.94. The molecule has 1 fully saturated rings. The number of carbonyl (C=O) groups excluding carboxylic acids is 3. The zero-order valence-corrected chi connectivity index (χ0v) is 12.4. The van der Waals surface area contributed by atoms with Crippen molar-refractivity contribution in [3.8, 4) is 0 Å². The van der Waals surface area contributed by atoms with Crippen LogP contribution in [0.3, 0.4) is 0 Å². The van der Waals surface area contributed by atoms with Gasteiger partial charge in [-0.15, -0.1) is 0 Å². The molecule has 22 heavy (non-hydrogen) atoms. The monoisotopic (exact) mass is 305 g/mol. The standard InChI is InChI=1S/C15H19N3O4/c1-2-22-15(21)18-9-7-17(8-10-18)14(20)12-5-3-11(4-6-12)13(16)19/h3-6H,2,7-10H2,1H3,(H2,16,19). The fourth-order valence-corrected chi connectivity index (χ4v) is 2.27. The molecule has 2 rings (SSSR count). The molecule has 0 unspecified atom stereocenters. The SMILES string of the molecule is CCOC(=O)N1CCN(C(=O)c2ccc(C(N)=O)cc2)CC1. The summed E-state index contributed by atoms with van der Waals surface area (Å²) in [5.41, 5.74) is 6.03. The van der Waals surface area contributed by atoms with Gasteiger partial charge in [-0.3, -0.25) is 9.59 Å². The van der Waals surface area contributed by atoms with E-state index in [-0.39, 0.29) is 12.0 Å². The minimum absolute atomic E-state index is 0.125. The molecule has 0 aromatic heterocycles. The molecule has 0 aliphatic carbocycles. The minimum atomic E-state index is -0.526. The molecule has 0 saturated carbocycles. The van der Waals surface area contributed by atoms with Crippen molar-refractivity contribution in [2.24, 2.45) is 5.73 Å². The van der Waals surface area contributed by atoms with Crippen molar-refractivity contribution in [1.29, 1.82) is 0 Å². The Morgan fingerprint density at radius 1 is 1.00 bits per heavy atom. The van der Waals surface area contributed by atoms with Gasteiger partial charge >= 0.3 is 6.09 Å². The summed E-state index contributed by atoms with van der Waals surface area (Å²) in [7, 11) is 0. The fourth-order valence-electron chi connectivity index (χ4n) is 2.27. The van der Waals surface area contributed by atoms with Gasteiger partial charge in [-0.1, -0.05) is 0 Å². The van der Waals surface area contributed by atoms with Crippen LogP contribution in [0.2, 0.25) is 0 Å². The van der Waals surface area contributed by atoms with Crippen LogP contribution in [0.1, 0.15) is 27.6 Å². The zero-order chi connectivity index (χ0) is 16.1. The molecule has 1 aliphatic heterocycles. The Balaban J connectivity index is 1.94. The Morgan fingerprint density at radius 3 is 2.00 bits per heavy atom. The van der Waals surface area contributed by atoms with Crippen LogP contribution in [-0.4, -0.2) is 60.5 Å². The van der Waals surface area contributed by atoms with Gasteiger partial charge < -0.3 is 20.3 Å². The first-order valence-electron chi connectivity index (χ1n) is 7.13. The maximum atomic E-state index is 12.4. The molecule has 0 spiro atoms. The predicted octanol–water partition coefficient (Wildman–Crippen LogP) is 0.700. The summed E-state index contributed by atoms with van der Waals surface area (Å²) in [4.78, 5) is 38.2. The summed E-state index contributed by atoms with van der Waals surface area (Å²) in [6, 6.07) is 6.23. The van der Waals surface area contributed by atoms with Crippen LogP contribution in [0, 0.1) is 0 Å². The van der Waals surface area contributed by atoms with Gasteiger partial charge in [-0.2, -0.15) is 0 Å². The lowest BCUT2D eigenvalue weighted by molar-refractivity contribution is 0.0570. The minimum Gasteiger partial charge on any atom is -0.450 e. The molecule has 1 aromatic carbocycles. The molecule has 1 heterocycles. The Bertz CT molecular complexity index is 563. The number of benzene rings is 1. The van der Waals surface area contributed by atoms with Gasteiger partial charge in [0.15, 0.2) is 0 Å². The maximum absolute atomic E-state index is 12.4. The summed E-state index contributed by atoms with van der Waals surface area (Å²) in [6.45, 7) is 3.90. The van der Waals surface area contributed by atoms with E-state index in [4.69, 9.17) is 10.5 Å². The van der Waals surface area contributed by atoms with Crippen LogP contribution < -0.4 is 5.73 Å². The molecule has 7 heteroatoms. The average molecular weight is 305 g/mol. The van der Waals surface area contributed by atoms with Crippen molar-refractivity contribution in [2.45, 2.75) is 6.92 Å². The number of ether oxygens (including phenoxy) is 1. The lowest BCUT2D eigenvalue weighted by Gasteiger charge is -2.34. The number of hydrogen-bond donors (Lipinski definition) is 1. The van der Waals surface area contributed by atoms with E-state index in [1.54, 1.807) is 28.9 Å². The van der Waals surface area contributed by atoms with Crippen molar-refractivity contribution >= 4 is 17.9 Å². The third-order valence-corrected chi connectivity index (χ3v) is 3.51. The first-order valence-corrected chi connectivity index (χ1v) is 7.13. The average Bonchev–Trinajstić information content (AvgIpc) is 2.54. The molecular formula is C15H19N3O4. The van der Waals surface area contributed by atoms with E-state index in [2.05, 4.69) is 0 Å². The summed E-state index contributed by atoms with van der Waals surface area (Å²) in [5, 5.41) is 0. The Morgan fingerprint density at radius 2 is 1.50 bits per heavy atom.